The van der Waals surface area contributed by atoms with Crippen molar-refractivity contribution in [2.45, 2.75) is 38.3 Å². The lowest BCUT2D eigenvalue weighted by molar-refractivity contribution is -0.142. The second-order valence-corrected chi connectivity index (χ2v) is 10.4. The van der Waals surface area contributed by atoms with Gasteiger partial charge in [0.15, 0.2) is 0 Å². The summed E-state index contributed by atoms with van der Waals surface area (Å²) in [5.74, 6) is -1.01. The minimum atomic E-state index is -1.20. The van der Waals surface area contributed by atoms with Gasteiger partial charge in [0.05, 0.1) is 11.8 Å². The highest BCUT2D eigenvalue weighted by Gasteiger charge is 2.70. The Morgan fingerprint density at radius 1 is 1.06 bits per heavy atom. The van der Waals surface area contributed by atoms with E-state index in [2.05, 4.69) is 10.6 Å². The van der Waals surface area contributed by atoms with Gasteiger partial charge in [-0.2, -0.15) is 11.8 Å². The monoisotopic (exact) mass is 463 g/mol. The summed E-state index contributed by atoms with van der Waals surface area (Å²) in [6.07, 6.45) is 3.36. The summed E-state index contributed by atoms with van der Waals surface area (Å²) in [4.78, 5) is 42.4. The van der Waals surface area contributed by atoms with Crippen molar-refractivity contribution in [2.75, 3.05) is 23.9 Å². The summed E-state index contributed by atoms with van der Waals surface area (Å²) in [6, 6.07) is 13.7. The number of amides is 3. The smallest absolute Gasteiger partial charge is 0.250 e. The average molecular weight is 464 g/mol. The average Bonchev–Trinajstić information content (AvgIpc) is 3.37. The van der Waals surface area contributed by atoms with Gasteiger partial charge in [-0.15, -0.1) is 0 Å². The number of likely N-dealkylation sites (tertiary alicyclic amines) is 1. The van der Waals surface area contributed by atoms with Crippen molar-refractivity contribution in [1.82, 2.24) is 10.2 Å². The highest BCUT2D eigenvalue weighted by Crippen LogP contribution is 2.54. The van der Waals surface area contributed by atoms with Crippen LogP contribution in [0.5, 0.6) is 0 Å². The van der Waals surface area contributed by atoms with Crippen molar-refractivity contribution in [1.29, 1.82) is 0 Å². The zero-order valence-corrected chi connectivity index (χ0v) is 20.0. The number of aryl methyl sites for hydroxylation is 2. The highest BCUT2D eigenvalue weighted by atomic mass is 32.2. The molecule has 0 aromatic heterocycles. The number of hydrogen-bond acceptors (Lipinski definition) is 5. The summed E-state index contributed by atoms with van der Waals surface area (Å²) in [5.41, 5.74) is 3.46. The number of nitrogens with one attached hydrogen (secondary N) is 2. The summed E-state index contributed by atoms with van der Waals surface area (Å²) >= 11 is 1.70. The van der Waals surface area contributed by atoms with E-state index in [1.54, 1.807) is 11.8 Å². The van der Waals surface area contributed by atoms with Crippen LogP contribution >= 0.6 is 11.8 Å². The minimum Gasteiger partial charge on any atom is -0.324 e. The Morgan fingerprint density at radius 3 is 2.55 bits per heavy atom. The number of rotatable bonds is 6. The van der Waals surface area contributed by atoms with Gasteiger partial charge in [0.1, 0.15) is 5.54 Å². The molecule has 3 amide bonds. The maximum atomic E-state index is 13.8. The number of fused-ring (bicyclic) bond motifs is 4. The second kappa shape index (κ2) is 8.29. The first-order valence-corrected chi connectivity index (χ1v) is 12.9. The molecule has 7 heteroatoms. The number of anilines is 1. The van der Waals surface area contributed by atoms with Crippen molar-refractivity contribution in [2.24, 2.45) is 11.8 Å². The molecule has 0 saturated carbocycles. The van der Waals surface area contributed by atoms with E-state index in [-0.39, 0.29) is 23.8 Å². The van der Waals surface area contributed by atoms with E-state index in [0.717, 1.165) is 40.1 Å². The SMILES string of the molecule is CSCC[C@H]1N[C@@]2(C(=O)Nc3c(C)cc(C)cc32)[C@H]2C(=O)N(CCc3ccccc3)C(=O)[C@H]12. The van der Waals surface area contributed by atoms with Gasteiger partial charge in [-0.3, -0.25) is 24.6 Å². The topological polar surface area (TPSA) is 78.5 Å². The lowest BCUT2D eigenvalue weighted by Crippen LogP contribution is -2.53. The van der Waals surface area contributed by atoms with Gasteiger partial charge in [0.25, 0.3) is 0 Å². The normalized spacial score (nSPS) is 27.9. The Balaban J connectivity index is 1.55. The van der Waals surface area contributed by atoms with Crippen LogP contribution in [-0.2, 0) is 26.3 Å². The molecule has 3 aliphatic rings. The quantitative estimate of drug-likeness (QED) is 0.644. The molecule has 2 N–H and O–H groups in total. The summed E-state index contributed by atoms with van der Waals surface area (Å²) in [6.45, 7) is 4.30. The van der Waals surface area contributed by atoms with Gasteiger partial charge in [0.2, 0.25) is 17.7 Å². The number of imide groups is 1. The lowest BCUT2D eigenvalue weighted by atomic mass is 9.76. The number of thioether (sulfide) groups is 1. The largest absolute Gasteiger partial charge is 0.324 e. The van der Waals surface area contributed by atoms with Crippen molar-refractivity contribution in [3.63, 3.8) is 0 Å². The van der Waals surface area contributed by atoms with Gasteiger partial charge in [0, 0.05) is 23.8 Å². The van der Waals surface area contributed by atoms with E-state index >= 15 is 0 Å². The molecule has 2 aromatic rings. The molecule has 2 aromatic carbocycles. The fourth-order valence-electron chi connectivity index (χ4n) is 5.92. The van der Waals surface area contributed by atoms with Gasteiger partial charge >= 0.3 is 0 Å². The van der Waals surface area contributed by atoms with Crippen LogP contribution in [0.3, 0.4) is 0 Å². The molecule has 3 heterocycles. The highest BCUT2D eigenvalue weighted by molar-refractivity contribution is 7.98. The Morgan fingerprint density at radius 2 is 1.82 bits per heavy atom. The molecule has 2 fully saturated rings. The molecule has 172 valence electrons. The maximum absolute atomic E-state index is 13.8. The molecule has 3 aliphatic heterocycles. The number of hydrogen-bond donors (Lipinski definition) is 2. The van der Waals surface area contributed by atoms with E-state index in [9.17, 15) is 14.4 Å². The standard InChI is InChI=1S/C26H29N3O3S/c1-15-13-16(2)22-18(14-15)26(25(32)27-22)21-20(19(28-26)10-12-33-3)23(30)29(24(21)31)11-9-17-7-5-4-6-8-17/h4-8,13-14,19-21,28H,9-12H2,1-3H3,(H,27,32)/t19-,20-,21-,26-/m1/s1. The first kappa shape index (κ1) is 22.2. The Kier molecular flexibility index (Phi) is 5.57. The summed E-state index contributed by atoms with van der Waals surface area (Å²) in [7, 11) is 0. The second-order valence-electron chi connectivity index (χ2n) is 9.37. The molecule has 0 aliphatic carbocycles. The molecule has 0 bridgehead atoms. The summed E-state index contributed by atoms with van der Waals surface area (Å²) in [5, 5.41) is 6.56. The maximum Gasteiger partial charge on any atom is 0.250 e. The Bertz CT molecular complexity index is 1140. The fourth-order valence-corrected chi connectivity index (χ4v) is 6.41. The van der Waals surface area contributed by atoms with Gasteiger partial charge in [-0.05, 0) is 49.8 Å². The van der Waals surface area contributed by atoms with E-state index in [1.165, 1.54) is 4.90 Å². The van der Waals surface area contributed by atoms with Crippen LogP contribution in [0.2, 0.25) is 0 Å². The van der Waals surface area contributed by atoms with Crippen LogP contribution in [0.4, 0.5) is 5.69 Å². The van der Waals surface area contributed by atoms with Crippen molar-refractivity contribution >= 4 is 35.2 Å². The Labute approximate surface area is 198 Å². The van der Waals surface area contributed by atoms with Crippen LogP contribution in [0, 0.1) is 25.7 Å². The third kappa shape index (κ3) is 3.32. The predicted octanol–water partition coefficient (Wildman–Crippen LogP) is 3.02. The van der Waals surface area contributed by atoms with Crippen molar-refractivity contribution < 1.29 is 14.4 Å². The molecule has 5 rings (SSSR count). The number of carbonyl (C=O) groups is 3. The van der Waals surface area contributed by atoms with Gasteiger partial charge in [-0.1, -0.05) is 48.0 Å². The first-order chi connectivity index (χ1) is 15.9. The fraction of sp³-hybridized carbons (Fsp3) is 0.423. The summed E-state index contributed by atoms with van der Waals surface area (Å²) < 4.78 is 0. The zero-order valence-electron chi connectivity index (χ0n) is 19.2. The van der Waals surface area contributed by atoms with Gasteiger partial charge in [-0.25, -0.2) is 0 Å². The van der Waals surface area contributed by atoms with Crippen LogP contribution in [-0.4, -0.2) is 47.2 Å². The molecule has 0 radical (unpaired) electrons. The van der Waals surface area contributed by atoms with Crippen molar-refractivity contribution in [3.8, 4) is 0 Å². The van der Waals surface area contributed by atoms with Crippen molar-refractivity contribution in [3.05, 3.63) is 64.7 Å². The molecule has 2 saturated heterocycles. The van der Waals surface area contributed by atoms with E-state index in [4.69, 9.17) is 0 Å². The molecule has 4 atom stereocenters. The molecule has 6 nitrogen and oxygen atoms in total. The number of nitrogens with zero attached hydrogens (tertiary/aromatic N) is 1. The lowest BCUT2D eigenvalue weighted by Gasteiger charge is -2.30. The molecule has 33 heavy (non-hydrogen) atoms. The molecular formula is C26H29N3O3S. The molecule has 1 spiro atoms. The third-order valence-electron chi connectivity index (χ3n) is 7.36. The van der Waals surface area contributed by atoms with Crippen LogP contribution in [0.15, 0.2) is 42.5 Å². The molecular weight excluding hydrogens is 434 g/mol. The van der Waals surface area contributed by atoms with E-state index in [1.807, 2.05) is 62.6 Å². The third-order valence-corrected chi connectivity index (χ3v) is 8.00. The van der Waals surface area contributed by atoms with Gasteiger partial charge < -0.3 is 5.32 Å². The Hall–Kier alpha value is -2.64. The first-order valence-electron chi connectivity index (χ1n) is 11.5. The zero-order chi connectivity index (χ0) is 23.3. The minimum absolute atomic E-state index is 0.151. The van der Waals surface area contributed by atoms with E-state index in [0.29, 0.717) is 13.0 Å². The van der Waals surface area contributed by atoms with Crippen LogP contribution in [0.25, 0.3) is 0 Å². The predicted molar refractivity (Wildman–Crippen MR) is 130 cm³/mol. The van der Waals surface area contributed by atoms with Crippen LogP contribution in [0.1, 0.15) is 28.7 Å². The molecule has 0 unspecified atom stereocenters. The van der Waals surface area contributed by atoms with E-state index < -0.39 is 17.4 Å². The number of carbonyl (C=O) groups excluding carboxylic acids is 3. The number of benzene rings is 2. The van der Waals surface area contributed by atoms with Crippen LogP contribution < -0.4 is 10.6 Å².